The van der Waals surface area contributed by atoms with Gasteiger partial charge in [0.05, 0.1) is 0 Å². The third-order valence-electron chi connectivity index (χ3n) is 3.54. The van der Waals surface area contributed by atoms with Gasteiger partial charge < -0.3 is 14.6 Å². The fourth-order valence-corrected chi connectivity index (χ4v) is 2.26. The van der Waals surface area contributed by atoms with Crippen molar-refractivity contribution in [3.8, 4) is 11.3 Å². The van der Waals surface area contributed by atoms with Crippen molar-refractivity contribution in [2.45, 2.75) is 13.5 Å². The van der Waals surface area contributed by atoms with Gasteiger partial charge in [-0.3, -0.25) is 4.79 Å². The summed E-state index contributed by atoms with van der Waals surface area (Å²) in [5.41, 5.74) is 2.38. The van der Waals surface area contributed by atoms with E-state index >= 15 is 0 Å². The average molecular weight is 336 g/mol. The van der Waals surface area contributed by atoms with E-state index in [1.807, 2.05) is 60.7 Å². The molecule has 0 atom stereocenters. The summed E-state index contributed by atoms with van der Waals surface area (Å²) in [6, 6.07) is 18.3. The number of rotatable bonds is 4. The molecule has 6 nitrogen and oxygen atoms in total. The van der Waals surface area contributed by atoms with Crippen LogP contribution in [0.25, 0.3) is 11.3 Å². The van der Waals surface area contributed by atoms with Crippen LogP contribution >= 0.6 is 0 Å². The zero-order valence-electron chi connectivity index (χ0n) is 13.6. The van der Waals surface area contributed by atoms with Crippen LogP contribution in [0.5, 0.6) is 0 Å². The second-order valence-corrected chi connectivity index (χ2v) is 5.35. The van der Waals surface area contributed by atoms with E-state index < -0.39 is 11.9 Å². The Balaban J connectivity index is 1.69. The summed E-state index contributed by atoms with van der Waals surface area (Å²) in [4.78, 5) is 24.0. The lowest BCUT2D eigenvalue weighted by atomic mass is 10.1. The molecule has 3 aromatic rings. The standard InChI is InChI=1S/C19H16N2O4/c1-13-16(17(25-21-13)15-10-6-3-7-11-15)20-18(22)19(23)24-12-14-8-4-2-5-9-14/h2-11H,12H2,1H3,(H,20,22). The first-order chi connectivity index (χ1) is 12.1. The van der Waals surface area contributed by atoms with E-state index in [9.17, 15) is 9.59 Å². The molecular weight excluding hydrogens is 320 g/mol. The number of nitrogens with one attached hydrogen (secondary N) is 1. The van der Waals surface area contributed by atoms with Crippen LogP contribution in [0.4, 0.5) is 5.69 Å². The van der Waals surface area contributed by atoms with E-state index in [1.54, 1.807) is 6.92 Å². The van der Waals surface area contributed by atoms with E-state index in [-0.39, 0.29) is 6.61 Å². The number of carbonyl (C=O) groups excluding carboxylic acids is 2. The van der Waals surface area contributed by atoms with Crippen LogP contribution in [0.3, 0.4) is 0 Å². The summed E-state index contributed by atoms with van der Waals surface area (Å²) in [5, 5.41) is 6.38. The quantitative estimate of drug-likeness (QED) is 0.584. The number of benzene rings is 2. The number of hydrogen-bond acceptors (Lipinski definition) is 5. The fraction of sp³-hybridized carbons (Fsp3) is 0.105. The number of aryl methyl sites for hydroxylation is 1. The Morgan fingerprint density at radius 3 is 2.36 bits per heavy atom. The lowest BCUT2D eigenvalue weighted by Gasteiger charge is -2.06. The highest BCUT2D eigenvalue weighted by Gasteiger charge is 2.22. The number of aromatic nitrogens is 1. The molecular formula is C19H16N2O4. The molecule has 2 aromatic carbocycles. The van der Waals surface area contributed by atoms with Crippen molar-refractivity contribution < 1.29 is 18.8 Å². The second-order valence-electron chi connectivity index (χ2n) is 5.35. The molecule has 0 bridgehead atoms. The topological polar surface area (TPSA) is 81.4 Å². The van der Waals surface area contributed by atoms with E-state index in [0.717, 1.165) is 11.1 Å². The average Bonchev–Trinajstić information content (AvgIpc) is 3.02. The van der Waals surface area contributed by atoms with Gasteiger partial charge >= 0.3 is 11.9 Å². The molecule has 0 saturated carbocycles. The second kappa shape index (κ2) is 7.44. The van der Waals surface area contributed by atoms with Gasteiger partial charge in [0.1, 0.15) is 18.0 Å². The maximum absolute atomic E-state index is 12.1. The highest BCUT2D eigenvalue weighted by Crippen LogP contribution is 2.30. The molecule has 0 saturated heterocycles. The smallest absolute Gasteiger partial charge is 0.397 e. The Morgan fingerprint density at radius 1 is 1.04 bits per heavy atom. The van der Waals surface area contributed by atoms with Crippen molar-refractivity contribution in [2.75, 3.05) is 5.32 Å². The summed E-state index contributed by atoms with van der Waals surface area (Å²) < 4.78 is 10.3. The lowest BCUT2D eigenvalue weighted by molar-refractivity contribution is -0.153. The minimum Gasteiger partial charge on any atom is -0.454 e. The highest BCUT2D eigenvalue weighted by atomic mass is 16.5. The molecule has 3 rings (SSSR count). The monoisotopic (exact) mass is 336 g/mol. The molecule has 0 aliphatic rings. The third-order valence-corrected chi connectivity index (χ3v) is 3.54. The van der Waals surface area contributed by atoms with Crippen molar-refractivity contribution >= 4 is 17.6 Å². The number of hydrogen-bond donors (Lipinski definition) is 1. The molecule has 0 spiro atoms. The zero-order chi connectivity index (χ0) is 17.6. The Morgan fingerprint density at radius 2 is 1.68 bits per heavy atom. The predicted molar refractivity (Wildman–Crippen MR) is 91.5 cm³/mol. The molecule has 1 amide bonds. The van der Waals surface area contributed by atoms with Gasteiger partial charge in [-0.2, -0.15) is 0 Å². The van der Waals surface area contributed by atoms with Crippen LogP contribution in [-0.4, -0.2) is 17.0 Å². The van der Waals surface area contributed by atoms with Gasteiger partial charge in [-0.25, -0.2) is 4.79 Å². The normalized spacial score (nSPS) is 10.3. The molecule has 0 aliphatic carbocycles. The fourth-order valence-electron chi connectivity index (χ4n) is 2.26. The third kappa shape index (κ3) is 3.92. The van der Waals surface area contributed by atoms with E-state index in [2.05, 4.69) is 10.5 Å². The summed E-state index contributed by atoms with van der Waals surface area (Å²) in [7, 11) is 0. The van der Waals surface area contributed by atoms with Crippen molar-refractivity contribution in [3.63, 3.8) is 0 Å². The SMILES string of the molecule is Cc1noc(-c2ccccc2)c1NC(=O)C(=O)OCc1ccccc1. The maximum atomic E-state index is 12.1. The first-order valence-electron chi connectivity index (χ1n) is 7.69. The first-order valence-corrected chi connectivity index (χ1v) is 7.69. The largest absolute Gasteiger partial charge is 0.454 e. The summed E-state index contributed by atoms with van der Waals surface area (Å²) in [5.74, 6) is -1.45. The molecule has 1 heterocycles. The summed E-state index contributed by atoms with van der Waals surface area (Å²) in [6.45, 7) is 1.71. The summed E-state index contributed by atoms with van der Waals surface area (Å²) >= 11 is 0. The van der Waals surface area contributed by atoms with Gasteiger partial charge in [0.25, 0.3) is 0 Å². The number of amides is 1. The van der Waals surface area contributed by atoms with Gasteiger partial charge in [0.15, 0.2) is 5.76 Å². The van der Waals surface area contributed by atoms with Crippen LogP contribution in [0.15, 0.2) is 65.2 Å². The van der Waals surface area contributed by atoms with E-state index in [4.69, 9.17) is 9.26 Å². The van der Waals surface area contributed by atoms with Gasteiger partial charge in [-0.15, -0.1) is 0 Å². The molecule has 0 aliphatic heterocycles. The Kier molecular flexibility index (Phi) is 4.89. The minimum atomic E-state index is -0.969. The van der Waals surface area contributed by atoms with Crippen LogP contribution in [0.2, 0.25) is 0 Å². The molecule has 1 aromatic heterocycles. The van der Waals surface area contributed by atoms with Gasteiger partial charge in [-0.1, -0.05) is 65.8 Å². The molecule has 25 heavy (non-hydrogen) atoms. The first kappa shape index (κ1) is 16.4. The number of anilines is 1. The number of esters is 1. The number of carbonyl (C=O) groups is 2. The number of ether oxygens (including phenoxy) is 1. The van der Waals surface area contributed by atoms with E-state index in [1.165, 1.54) is 0 Å². The minimum absolute atomic E-state index is 0.0290. The molecule has 0 fully saturated rings. The van der Waals surface area contributed by atoms with Crippen molar-refractivity contribution in [2.24, 2.45) is 0 Å². The number of nitrogens with zero attached hydrogens (tertiary/aromatic N) is 1. The van der Waals surface area contributed by atoms with Crippen molar-refractivity contribution in [1.29, 1.82) is 0 Å². The molecule has 0 unspecified atom stereocenters. The maximum Gasteiger partial charge on any atom is 0.397 e. The zero-order valence-corrected chi connectivity index (χ0v) is 13.6. The van der Waals surface area contributed by atoms with Crippen LogP contribution in [0, 0.1) is 6.92 Å². The molecule has 126 valence electrons. The Bertz CT molecular complexity index is 873. The predicted octanol–water partition coefficient (Wildman–Crippen LogP) is 3.33. The Labute approximate surface area is 144 Å². The van der Waals surface area contributed by atoms with E-state index in [0.29, 0.717) is 17.1 Å². The summed E-state index contributed by atoms with van der Waals surface area (Å²) in [6.07, 6.45) is 0. The highest BCUT2D eigenvalue weighted by molar-refractivity contribution is 6.37. The molecule has 0 radical (unpaired) electrons. The lowest BCUT2D eigenvalue weighted by Crippen LogP contribution is -2.25. The van der Waals surface area contributed by atoms with Crippen LogP contribution in [-0.2, 0) is 20.9 Å². The molecule has 1 N–H and O–H groups in total. The molecule has 6 heteroatoms. The Hall–Kier alpha value is -3.41. The van der Waals surface area contributed by atoms with Crippen molar-refractivity contribution in [1.82, 2.24) is 5.16 Å². The van der Waals surface area contributed by atoms with Crippen LogP contribution in [0.1, 0.15) is 11.3 Å². The van der Waals surface area contributed by atoms with Gasteiger partial charge in [0, 0.05) is 5.56 Å². The van der Waals surface area contributed by atoms with Crippen LogP contribution < -0.4 is 5.32 Å². The van der Waals surface area contributed by atoms with Crippen molar-refractivity contribution in [3.05, 3.63) is 71.9 Å². The van der Waals surface area contributed by atoms with Gasteiger partial charge in [0.2, 0.25) is 0 Å². The van der Waals surface area contributed by atoms with Gasteiger partial charge in [-0.05, 0) is 12.5 Å².